The largest absolute Gasteiger partial charge is 0.423 e. The molecule has 0 fully saturated rings. The summed E-state index contributed by atoms with van der Waals surface area (Å²) in [5.41, 5.74) is 5.72. The van der Waals surface area contributed by atoms with Crippen LogP contribution in [0, 0.1) is 0 Å². The summed E-state index contributed by atoms with van der Waals surface area (Å²) >= 11 is 0. The van der Waals surface area contributed by atoms with Crippen LogP contribution in [0.15, 0.2) is 91.0 Å². The monoisotopic (exact) mass is 486 g/mol. The van der Waals surface area contributed by atoms with Crippen molar-refractivity contribution in [2.24, 2.45) is 0 Å². The second-order valence-electron chi connectivity index (χ2n) is 8.13. The van der Waals surface area contributed by atoms with Gasteiger partial charge in [0.25, 0.3) is 0 Å². The summed E-state index contributed by atoms with van der Waals surface area (Å²) in [4.78, 5) is 24.1. The molecule has 0 bridgehead atoms. The normalized spacial score (nSPS) is 10.5. The van der Waals surface area contributed by atoms with Gasteiger partial charge in [-0.05, 0) is 58.5 Å². The first-order valence-electron chi connectivity index (χ1n) is 11.5. The zero-order valence-corrected chi connectivity index (χ0v) is 20.8. The number of benzene rings is 3. The van der Waals surface area contributed by atoms with E-state index in [9.17, 15) is 9.59 Å². The third-order valence-corrected chi connectivity index (χ3v) is 5.48. The Labute approximate surface area is 211 Å². The lowest BCUT2D eigenvalue weighted by Gasteiger charge is -2.12. The molecule has 3 aromatic carbocycles. The summed E-state index contributed by atoms with van der Waals surface area (Å²) in [6, 6.07) is 21.1. The Balaban J connectivity index is 1.72. The van der Waals surface area contributed by atoms with Crippen molar-refractivity contribution >= 4 is 11.9 Å². The lowest BCUT2D eigenvalue weighted by molar-refractivity contribution is -0.131. The van der Waals surface area contributed by atoms with Crippen molar-refractivity contribution in [3.8, 4) is 33.8 Å². The standard InChI is InChI=1S/C30H30O6/c1-6-22-17-27(36-30(32)21(3)19-34-5)15-16-28(22)25-9-7-23(8-10-25)24-11-13-26(14-12-24)35-29(31)20(2)18-33-4/h7-17H,2-3,6,18-19H2,1,4-5H3. The molecule has 0 amide bonds. The van der Waals surface area contributed by atoms with Crippen molar-refractivity contribution in [3.63, 3.8) is 0 Å². The van der Waals surface area contributed by atoms with E-state index in [0.29, 0.717) is 11.5 Å². The Bertz CT molecular complexity index is 1240. The van der Waals surface area contributed by atoms with Crippen molar-refractivity contribution in [1.29, 1.82) is 0 Å². The zero-order chi connectivity index (χ0) is 26.1. The number of hydrogen-bond acceptors (Lipinski definition) is 6. The number of methoxy groups -OCH3 is 2. The minimum atomic E-state index is -0.513. The molecule has 6 heteroatoms. The maximum Gasteiger partial charge on any atom is 0.341 e. The minimum Gasteiger partial charge on any atom is -0.423 e. The van der Waals surface area contributed by atoms with Crippen LogP contribution >= 0.6 is 0 Å². The van der Waals surface area contributed by atoms with Crippen molar-refractivity contribution < 1.29 is 28.5 Å². The predicted molar refractivity (Wildman–Crippen MR) is 140 cm³/mol. The van der Waals surface area contributed by atoms with Gasteiger partial charge in [-0.1, -0.05) is 62.5 Å². The van der Waals surface area contributed by atoms with Crippen LogP contribution in [0.2, 0.25) is 0 Å². The first-order valence-corrected chi connectivity index (χ1v) is 11.5. The van der Waals surface area contributed by atoms with Crippen LogP contribution in [0.5, 0.6) is 11.5 Å². The van der Waals surface area contributed by atoms with E-state index in [1.807, 2.05) is 36.4 Å². The summed E-state index contributed by atoms with van der Waals surface area (Å²) in [7, 11) is 3.00. The van der Waals surface area contributed by atoms with Gasteiger partial charge in [-0.15, -0.1) is 0 Å². The summed E-state index contributed by atoms with van der Waals surface area (Å²) in [5.74, 6) is -0.101. The van der Waals surface area contributed by atoms with E-state index in [-0.39, 0.29) is 24.4 Å². The van der Waals surface area contributed by atoms with Gasteiger partial charge >= 0.3 is 11.9 Å². The summed E-state index contributed by atoms with van der Waals surface area (Å²) in [5, 5.41) is 0. The van der Waals surface area contributed by atoms with Crippen molar-refractivity contribution in [3.05, 3.63) is 96.6 Å². The van der Waals surface area contributed by atoms with E-state index in [0.717, 1.165) is 34.2 Å². The highest BCUT2D eigenvalue weighted by Gasteiger charge is 2.13. The Hall–Kier alpha value is -4.00. The molecule has 36 heavy (non-hydrogen) atoms. The van der Waals surface area contributed by atoms with Crippen molar-refractivity contribution in [1.82, 2.24) is 0 Å². The van der Waals surface area contributed by atoms with Gasteiger partial charge in [0.1, 0.15) is 11.5 Å². The Morgan fingerprint density at radius 1 is 0.667 bits per heavy atom. The molecular formula is C30H30O6. The second kappa shape index (κ2) is 12.6. The van der Waals surface area contributed by atoms with Gasteiger partial charge in [-0.2, -0.15) is 0 Å². The molecular weight excluding hydrogens is 456 g/mol. The van der Waals surface area contributed by atoms with Gasteiger partial charge in [0.15, 0.2) is 0 Å². The number of hydrogen-bond donors (Lipinski definition) is 0. The van der Waals surface area contributed by atoms with Gasteiger partial charge in [0.05, 0.1) is 24.4 Å². The van der Waals surface area contributed by atoms with Crippen LogP contribution in [-0.2, 0) is 25.5 Å². The molecule has 0 aliphatic carbocycles. The van der Waals surface area contributed by atoms with Gasteiger partial charge in [0, 0.05) is 14.2 Å². The first-order chi connectivity index (χ1) is 17.4. The van der Waals surface area contributed by atoms with Gasteiger partial charge in [-0.3, -0.25) is 0 Å². The van der Waals surface area contributed by atoms with E-state index in [2.05, 4.69) is 32.2 Å². The second-order valence-corrected chi connectivity index (χ2v) is 8.13. The molecule has 0 radical (unpaired) electrons. The maximum absolute atomic E-state index is 12.1. The fraction of sp³-hybridized carbons (Fsp3) is 0.200. The van der Waals surface area contributed by atoms with E-state index < -0.39 is 11.9 Å². The van der Waals surface area contributed by atoms with E-state index in [1.165, 1.54) is 14.2 Å². The molecule has 186 valence electrons. The molecule has 0 saturated carbocycles. The molecule has 0 aliphatic rings. The zero-order valence-electron chi connectivity index (χ0n) is 20.8. The SMILES string of the molecule is C=C(COC)C(=O)Oc1ccc(-c2ccc(-c3ccc(OC(=O)C(=C)COC)cc3CC)cc2)cc1. The Morgan fingerprint density at radius 3 is 1.61 bits per heavy atom. The highest BCUT2D eigenvalue weighted by Crippen LogP contribution is 2.31. The first kappa shape index (κ1) is 26.6. The molecule has 3 rings (SSSR count). The highest BCUT2D eigenvalue weighted by molar-refractivity contribution is 5.90. The van der Waals surface area contributed by atoms with E-state index in [4.69, 9.17) is 18.9 Å². The smallest absolute Gasteiger partial charge is 0.341 e. The number of esters is 2. The predicted octanol–water partition coefficient (Wildman–Crippen LogP) is 5.80. The van der Waals surface area contributed by atoms with Gasteiger partial charge in [0.2, 0.25) is 0 Å². The van der Waals surface area contributed by atoms with Crippen LogP contribution in [0.3, 0.4) is 0 Å². The third-order valence-electron chi connectivity index (χ3n) is 5.48. The number of carbonyl (C=O) groups is 2. The summed E-state index contributed by atoms with van der Waals surface area (Å²) in [6.07, 6.45) is 0.776. The van der Waals surface area contributed by atoms with E-state index in [1.54, 1.807) is 18.2 Å². The summed E-state index contributed by atoms with van der Waals surface area (Å²) < 4.78 is 20.6. The molecule has 0 heterocycles. The molecule has 0 aromatic heterocycles. The fourth-order valence-electron chi connectivity index (χ4n) is 3.59. The molecule has 0 unspecified atom stereocenters. The minimum absolute atomic E-state index is 0.126. The molecule has 0 saturated heterocycles. The van der Waals surface area contributed by atoms with Crippen LogP contribution in [0.1, 0.15) is 12.5 Å². The maximum atomic E-state index is 12.1. The van der Waals surface area contributed by atoms with E-state index >= 15 is 0 Å². The Kier molecular flexibility index (Phi) is 9.33. The Morgan fingerprint density at radius 2 is 1.11 bits per heavy atom. The third kappa shape index (κ3) is 6.78. The van der Waals surface area contributed by atoms with Crippen LogP contribution in [0.25, 0.3) is 22.3 Å². The van der Waals surface area contributed by atoms with Crippen molar-refractivity contribution in [2.45, 2.75) is 13.3 Å². The van der Waals surface area contributed by atoms with Crippen LogP contribution in [-0.4, -0.2) is 39.4 Å². The number of ether oxygens (including phenoxy) is 4. The van der Waals surface area contributed by atoms with Gasteiger partial charge < -0.3 is 18.9 Å². The number of carbonyl (C=O) groups excluding carboxylic acids is 2. The van der Waals surface area contributed by atoms with Crippen LogP contribution < -0.4 is 9.47 Å². The lowest BCUT2D eigenvalue weighted by Crippen LogP contribution is -2.14. The highest BCUT2D eigenvalue weighted by atomic mass is 16.5. The molecule has 0 spiro atoms. The van der Waals surface area contributed by atoms with Crippen molar-refractivity contribution in [2.75, 3.05) is 27.4 Å². The molecule has 0 atom stereocenters. The molecule has 0 aliphatic heterocycles. The lowest BCUT2D eigenvalue weighted by atomic mass is 9.95. The number of aryl methyl sites for hydroxylation is 1. The fourth-order valence-corrected chi connectivity index (χ4v) is 3.59. The number of rotatable bonds is 11. The molecule has 0 N–H and O–H groups in total. The summed E-state index contributed by atoms with van der Waals surface area (Å²) in [6.45, 7) is 9.65. The average Bonchev–Trinajstić information content (AvgIpc) is 2.89. The van der Waals surface area contributed by atoms with Crippen LogP contribution in [0.4, 0.5) is 0 Å². The molecule has 6 nitrogen and oxygen atoms in total. The van der Waals surface area contributed by atoms with Gasteiger partial charge in [-0.25, -0.2) is 9.59 Å². The topological polar surface area (TPSA) is 71.1 Å². The average molecular weight is 487 g/mol. The molecule has 3 aromatic rings. The quantitative estimate of drug-likeness (QED) is 0.194.